The summed E-state index contributed by atoms with van der Waals surface area (Å²) in [5.41, 5.74) is 6.07. The van der Waals surface area contributed by atoms with E-state index in [1.165, 1.54) is 81.8 Å². The predicted octanol–water partition coefficient (Wildman–Crippen LogP) is 8.04. The fourth-order valence-electron chi connectivity index (χ4n) is 4.63. The monoisotopic (exact) mass is 336 g/mol. The molecular formula is C25H36. The van der Waals surface area contributed by atoms with Crippen molar-refractivity contribution in [3.63, 3.8) is 0 Å². The maximum absolute atomic E-state index is 2.52. The summed E-state index contributed by atoms with van der Waals surface area (Å²) in [5, 5.41) is 0. The van der Waals surface area contributed by atoms with E-state index in [2.05, 4.69) is 50.3 Å². The first-order valence-electron chi connectivity index (χ1n) is 10.8. The van der Waals surface area contributed by atoms with Gasteiger partial charge in [-0.1, -0.05) is 82.4 Å². The molecule has 136 valence electrons. The lowest BCUT2D eigenvalue weighted by atomic mass is 9.82. The third kappa shape index (κ3) is 5.09. The Bertz CT molecular complexity index is 587. The molecule has 0 bridgehead atoms. The molecule has 0 heterocycles. The Morgan fingerprint density at radius 2 is 1.24 bits per heavy atom. The van der Waals surface area contributed by atoms with E-state index in [1.807, 2.05) is 0 Å². The number of allylic oxidation sites excluding steroid dienone is 4. The maximum Gasteiger partial charge on any atom is -0.0227 e. The van der Waals surface area contributed by atoms with Gasteiger partial charge in [0.2, 0.25) is 0 Å². The molecule has 0 aromatic heterocycles. The lowest BCUT2D eigenvalue weighted by molar-refractivity contribution is 0.434. The van der Waals surface area contributed by atoms with Gasteiger partial charge in [0.25, 0.3) is 0 Å². The zero-order valence-corrected chi connectivity index (χ0v) is 16.4. The van der Waals surface area contributed by atoms with E-state index in [0.29, 0.717) is 0 Å². The van der Waals surface area contributed by atoms with Crippen LogP contribution in [0.3, 0.4) is 0 Å². The number of unbranched alkanes of at least 4 members (excludes halogenated alkanes) is 1. The molecule has 0 spiro atoms. The first-order chi connectivity index (χ1) is 12.3. The van der Waals surface area contributed by atoms with Crippen LogP contribution in [-0.4, -0.2) is 0 Å². The van der Waals surface area contributed by atoms with Crippen molar-refractivity contribution < 1.29 is 0 Å². The summed E-state index contributed by atoms with van der Waals surface area (Å²) in [7, 11) is 0. The second-order valence-electron chi connectivity index (χ2n) is 8.25. The van der Waals surface area contributed by atoms with Crippen molar-refractivity contribution in [3.8, 4) is 0 Å². The summed E-state index contributed by atoms with van der Waals surface area (Å²) in [4.78, 5) is 0. The van der Waals surface area contributed by atoms with E-state index in [0.717, 1.165) is 11.8 Å². The minimum Gasteiger partial charge on any atom is -0.0804 e. The van der Waals surface area contributed by atoms with Crippen LogP contribution in [0.4, 0.5) is 0 Å². The average Bonchev–Trinajstić information content (AvgIpc) is 2.68. The molecule has 0 fully saturated rings. The number of rotatable bonds is 7. The normalized spacial score (nSPS) is 23.9. The van der Waals surface area contributed by atoms with Crippen molar-refractivity contribution in [2.45, 2.75) is 84.5 Å². The first kappa shape index (κ1) is 18.5. The molecule has 2 unspecified atom stereocenters. The number of benzene rings is 1. The van der Waals surface area contributed by atoms with Gasteiger partial charge < -0.3 is 0 Å². The molecule has 0 saturated heterocycles. The van der Waals surface area contributed by atoms with E-state index in [1.54, 1.807) is 11.1 Å². The molecular weight excluding hydrogens is 300 g/mol. The first-order valence-corrected chi connectivity index (χ1v) is 10.8. The summed E-state index contributed by atoms with van der Waals surface area (Å²) < 4.78 is 0. The molecule has 2 atom stereocenters. The molecule has 0 nitrogen and oxygen atoms in total. The van der Waals surface area contributed by atoms with E-state index < -0.39 is 0 Å². The lowest BCUT2D eigenvalue weighted by Crippen LogP contribution is -2.06. The third-order valence-corrected chi connectivity index (χ3v) is 6.33. The molecule has 25 heavy (non-hydrogen) atoms. The molecule has 2 aliphatic rings. The Morgan fingerprint density at radius 3 is 1.64 bits per heavy atom. The van der Waals surface area contributed by atoms with E-state index in [-0.39, 0.29) is 0 Å². The maximum atomic E-state index is 2.52. The fourth-order valence-corrected chi connectivity index (χ4v) is 4.63. The summed E-state index contributed by atoms with van der Waals surface area (Å²) >= 11 is 0. The predicted molar refractivity (Wildman–Crippen MR) is 112 cm³/mol. The van der Waals surface area contributed by atoms with Crippen molar-refractivity contribution in [1.29, 1.82) is 0 Å². The second kappa shape index (κ2) is 9.41. The second-order valence-corrected chi connectivity index (χ2v) is 8.25. The van der Waals surface area contributed by atoms with E-state index in [9.17, 15) is 0 Å². The van der Waals surface area contributed by atoms with Crippen molar-refractivity contribution in [2.75, 3.05) is 0 Å². The zero-order chi connectivity index (χ0) is 17.5. The Kier molecular flexibility index (Phi) is 6.96. The van der Waals surface area contributed by atoms with Crippen LogP contribution >= 0.6 is 0 Å². The highest BCUT2D eigenvalue weighted by Crippen LogP contribution is 2.35. The van der Waals surface area contributed by atoms with Gasteiger partial charge in [-0.25, -0.2) is 0 Å². The van der Waals surface area contributed by atoms with Crippen molar-refractivity contribution in [3.05, 3.63) is 47.5 Å². The molecule has 1 aromatic rings. The van der Waals surface area contributed by atoms with Gasteiger partial charge in [0.1, 0.15) is 0 Å². The van der Waals surface area contributed by atoms with E-state index in [4.69, 9.17) is 0 Å². The number of hydrogen-bond acceptors (Lipinski definition) is 0. The highest BCUT2D eigenvalue weighted by atomic mass is 14.2. The molecule has 0 radical (unpaired) electrons. The Balaban J connectivity index is 1.59. The Labute approximate surface area is 155 Å². The summed E-state index contributed by atoms with van der Waals surface area (Å²) in [6, 6.07) is 9.47. The van der Waals surface area contributed by atoms with Crippen LogP contribution < -0.4 is 0 Å². The third-order valence-electron chi connectivity index (χ3n) is 6.33. The molecule has 0 aliphatic heterocycles. The summed E-state index contributed by atoms with van der Waals surface area (Å²) in [6.45, 7) is 4.61. The largest absolute Gasteiger partial charge is 0.0804 e. The Hall–Kier alpha value is -1.30. The quantitative estimate of drug-likeness (QED) is 0.472. The fraction of sp³-hybridized carbons (Fsp3) is 0.600. The highest BCUT2D eigenvalue weighted by Gasteiger charge is 2.17. The minimum absolute atomic E-state index is 0.932. The van der Waals surface area contributed by atoms with Crippen LogP contribution in [0.5, 0.6) is 0 Å². The average molecular weight is 337 g/mol. The van der Waals surface area contributed by atoms with Crippen molar-refractivity contribution in [2.24, 2.45) is 11.8 Å². The molecule has 0 N–H and O–H groups in total. The van der Waals surface area contributed by atoms with Gasteiger partial charge in [-0.2, -0.15) is 0 Å². The van der Waals surface area contributed by atoms with Gasteiger partial charge in [-0.15, -0.1) is 0 Å². The highest BCUT2D eigenvalue weighted by molar-refractivity contribution is 5.71. The minimum atomic E-state index is 0.932. The lowest BCUT2D eigenvalue weighted by Gasteiger charge is -2.23. The van der Waals surface area contributed by atoms with Crippen LogP contribution in [0.25, 0.3) is 11.1 Å². The zero-order valence-electron chi connectivity index (χ0n) is 16.4. The molecule has 0 saturated carbocycles. The number of hydrogen-bond donors (Lipinski definition) is 0. The standard InChI is InChI=1S/C25H36/c1-3-5-7-21-10-14-23(15-11-21)25-18-16-24(17-19-25)22-12-8-20(6-4-2)9-13-22/h12,14,16-21H,3-11,13,15H2,1-2H3. The van der Waals surface area contributed by atoms with Gasteiger partial charge in [0, 0.05) is 0 Å². The van der Waals surface area contributed by atoms with E-state index >= 15 is 0 Å². The molecule has 2 aliphatic carbocycles. The van der Waals surface area contributed by atoms with Gasteiger partial charge >= 0.3 is 0 Å². The molecule has 0 amide bonds. The molecule has 3 rings (SSSR count). The van der Waals surface area contributed by atoms with Crippen LogP contribution in [0, 0.1) is 11.8 Å². The molecule has 1 aromatic carbocycles. The van der Waals surface area contributed by atoms with Gasteiger partial charge in [-0.3, -0.25) is 0 Å². The van der Waals surface area contributed by atoms with Crippen molar-refractivity contribution in [1.82, 2.24) is 0 Å². The van der Waals surface area contributed by atoms with Gasteiger partial charge in [0.15, 0.2) is 0 Å². The van der Waals surface area contributed by atoms with Crippen LogP contribution in [0.2, 0.25) is 0 Å². The smallest absolute Gasteiger partial charge is 0.0227 e. The van der Waals surface area contributed by atoms with Crippen molar-refractivity contribution >= 4 is 11.1 Å². The van der Waals surface area contributed by atoms with Crippen LogP contribution in [0.15, 0.2) is 36.4 Å². The van der Waals surface area contributed by atoms with Gasteiger partial charge in [0.05, 0.1) is 0 Å². The SMILES string of the molecule is CCCCC1CC=C(c2ccc(C3=CCC(CCC)CC3)cc2)CC1. The summed E-state index contributed by atoms with van der Waals surface area (Å²) in [5.74, 6) is 1.87. The van der Waals surface area contributed by atoms with Gasteiger partial charge in [-0.05, 0) is 72.6 Å². The summed E-state index contributed by atoms with van der Waals surface area (Å²) in [6.07, 6.45) is 19.8. The van der Waals surface area contributed by atoms with Crippen LogP contribution in [0.1, 0.15) is 95.6 Å². The van der Waals surface area contributed by atoms with Crippen LogP contribution in [-0.2, 0) is 0 Å². The molecule has 0 heteroatoms. The topological polar surface area (TPSA) is 0 Å². The Morgan fingerprint density at radius 1 is 0.720 bits per heavy atom.